The first-order chi connectivity index (χ1) is 12.2. The Labute approximate surface area is 148 Å². The van der Waals surface area contributed by atoms with E-state index in [0.29, 0.717) is 18.2 Å². The van der Waals surface area contributed by atoms with Gasteiger partial charge in [0.15, 0.2) is 0 Å². The Morgan fingerprint density at radius 1 is 1.24 bits per heavy atom. The second-order valence-electron chi connectivity index (χ2n) is 6.08. The first kappa shape index (κ1) is 17.0. The summed E-state index contributed by atoms with van der Waals surface area (Å²) in [6, 6.07) is 9.88. The van der Waals surface area contributed by atoms with Gasteiger partial charge in [0.2, 0.25) is 5.95 Å². The number of hydrogen-bond donors (Lipinski definition) is 2. The van der Waals surface area contributed by atoms with Crippen LogP contribution < -0.4 is 15.5 Å². The number of carbonyl (C=O) groups excluding carboxylic acids is 1. The van der Waals surface area contributed by atoms with Gasteiger partial charge in [0.1, 0.15) is 5.69 Å². The monoisotopic (exact) mass is 337 g/mol. The topological polar surface area (TPSA) is 70.2 Å². The van der Waals surface area contributed by atoms with E-state index in [2.05, 4.69) is 44.2 Å². The van der Waals surface area contributed by atoms with Gasteiger partial charge in [-0.05, 0) is 50.1 Å². The molecule has 1 aromatic carbocycles. The fourth-order valence-electron chi connectivity index (χ4n) is 2.86. The van der Waals surface area contributed by atoms with Gasteiger partial charge in [-0.15, -0.1) is 6.58 Å². The molecular weight excluding hydrogens is 314 g/mol. The Hall–Kier alpha value is -2.89. The number of nitrogens with one attached hydrogen (secondary N) is 2. The van der Waals surface area contributed by atoms with Crippen LogP contribution in [-0.4, -0.2) is 35.5 Å². The third kappa shape index (κ3) is 4.35. The summed E-state index contributed by atoms with van der Waals surface area (Å²) in [6.07, 6.45) is 4.15. The zero-order valence-electron chi connectivity index (χ0n) is 14.5. The van der Waals surface area contributed by atoms with Gasteiger partial charge in [-0.3, -0.25) is 4.79 Å². The minimum atomic E-state index is -0.238. The maximum atomic E-state index is 12.1. The molecule has 1 fully saturated rings. The molecule has 1 aliphatic rings. The molecule has 0 saturated carbocycles. The summed E-state index contributed by atoms with van der Waals surface area (Å²) in [4.78, 5) is 23.1. The van der Waals surface area contributed by atoms with Crippen molar-refractivity contribution in [1.82, 2.24) is 15.3 Å². The maximum Gasteiger partial charge on any atom is 0.270 e. The van der Waals surface area contributed by atoms with Crippen molar-refractivity contribution in [3.05, 3.63) is 54.4 Å². The summed E-state index contributed by atoms with van der Waals surface area (Å²) < 4.78 is 0. The summed E-state index contributed by atoms with van der Waals surface area (Å²) in [7, 11) is 0. The molecule has 0 spiro atoms. The highest BCUT2D eigenvalue weighted by molar-refractivity contribution is 5.92. The van der Waals surface area contributed by atoms with Crippen molar-refractivity contribution in [2.45, 2.75) is 19.8 Å². The lowest BCUT2D eigenvalue weighted by atomic mass is 10.2. The molecule has 130 valence electrons. The highest BCUT2D eigenvalue weighted by atomic mass is 16.1. The van der Waals surface area contributed by atoms with Crippen molar-refractivity contribution in [2.75, 3.05) is 29.9 Å². The Kier molecular flexibility index (Phi) is 5.28. The highest BCUT2D eigenvalue weighted by Gasteiger charge is 2.13. The number of carbonyl (C=O) groups is 1. The third-order valence-electron chi connectivity index (χ3n) is 4.09. The van der Waals surface area contributed by atoms with Crippen LogP contribution in [0, 0.1) is 6.92 Å². The van der Waals surface area contributed by atoms with Crippen molar-refractivity contribution in [1.29, 1.82) is 0 Å². The van der Waals surface area contributed by atoms with E-state index in [-0.39, 0.29) is 5.91 Å². The van der Waals surface area contributed by atoms with Crippen LogP contribution in [0.15, 0.2) is 43.0 Å². The quantitative estimate of drug-likeness (QED) is 0.793. The van der Waals surface area contributed by atoms with E-state index in [9.17, 15) is 4.79 Å². The minimum absolute atomic E-state index is 0.238. The number of hydrogen-bond acceptors (Lipinski definition) is 5. The Balaban J connectivity index is 1.72. The Morgan fingerprint density at radius 2 is 1.96 bits per heavy atom. The second kappa shape index (κ2) is 7.79. The van der Waals surface area contributed by atoms with Crippen molar-refractivity contribution in [2.24, 2.45) is 0 Å². The highest BCUT2D eigenvalue weighted by Crippen LogP contribution is 2.23. The summed E-state index contributed by atoms with van der Waals surface area (Å²) >= 11 is 0. The van der Waals surface area contributed by atoms with Crippen LogP contribution in [0.25, 0.3) is 0 Å². The molecular formula is C19H23N5O. The molecule has 3 rings (SSSR count). The van der Waals surface area contributed by atoms with Crippen LogP contribution in [0.1, 0.15) is 29.0 Å². The smallest absolute Gasteiger partial charge is 0.270 e. The molecule has 1 amide bonds. The van der Waals surface area contributed by atoms with Gasteiger partial charge in [-0.25, -0.2) is 9.97 Å². The van der Waals surface area contributed by atoms with E-state index in [1.165, 1.54) is 18.5 Å². The van der Waals surface area contributed by atoms with Gasteiger partial charge >= 0.3 is 0 Å². The molecule has 2 N–H and O–H groups in total. The first-order valence-electron chi connectivity index (χ1n) is 8.52. The molecule has 1 saturated heterocycles. The van der Waals surface area contributed by atoms with Gasteiger partial charge < -0.3 is 15.5 Å². The maximum absolute atomic E-state index is 12.1. The molecule has 0 unspecified atom stereocenters. The van der Waals surface area contributed by atoms with Gasteiger partial charge in [0, 0.05) is 36.7 Å². The van der Waals surface area contributed by atoms with E-state index in [1.807, 2.05) is 19.1 Å². The molecule has 2 aromatic rings. The largest absolute Gasteiger partial charge is 0.372 e. The molecule has 0 atom stereocenters. The number of rotatable bonds is 6. The number of nitrogens with zero attached hydrogens (tertiary/aromatic N) is 3. The van der Waals surface area contributed by atoms with Gasteiger partial charge in [-0.1, -0.05) is 6.08 Å². The first-order valence-corrected chi connectivity index (χ1v) is 8.52. The fourth-order valence-corrected chi connectivity index (χ4v) is 2.86. The molecule has 1 aromatic heterocycles. The van der Waals surface area contributed by atoms with Crippen LogP contribution in [0.2, 0.25) is 0 Å². The molecule has 6 heteroatoms. The Morgan fingerprint density at radius 3 is 2.64 bits per heavy atom. The number of aromatic nitrogens is 2. The van der Waals surface area contributed by atoms with Crippen LogP contribution in [-0.2, 0) is 0 Å². The molecule has 2 heterocycles. The zero-order valence-corrected chi connectivity index (χ0v) is 14.5. The van der Waals surface area contributed by atoms with Crippen LogP contribution >= 0.6 is 0 Å². The van der Waals surface area contributed by atoms with Crippen LogP contribution in [0.5, 0.6) is 0 Å². The number of anilines is 3. The molecule has 0 radical (unpaired) electrons. The Bertz CT molecular complexity index is 751. The molecule has 0 aliphatic carbocycles. The predicted octanol–water partition coefficient (Wildman–Crippen LogP) is 3.04. The lowest BCUT2D eigenvalue weighted by molar-refractivity contribution is 0.0953. The van der Waals surface area contributed by atoms with Crippen molar-refractivity contribution >= 4 is 23.2 Å². The van der Waals surface area contributed by atoms with Gasteiger partial charge in [-0.2, -0.15) is 0 Å². The van der Waals surface area contributed by atoms with Gasteiger partial charge in [0.05, 0.1) is 0 Å². The van der Waals surface area contributed by atoms with E-state index in [4.69, 9.17) is 0 Å². The van der Waals surface area contributed by atoms with Crippen LogP contribution in [0.4, 0.5) is 17.3 Å². The van der Waals surface area contributed by atoms with E-state index < -0.39 is 0 Å². The van der Waals surface area contributed by atoms with E-state index >= 15 is 0 Å². The SMILES string of the molecule is C=CCNC(=O)c1cc(C)nc(Nc2ccc(N3CCCC3)cc2)n1. The molecule has 1 aliphatic heterocycles. The molecule has 0 bridgehead atoms. The summed E-state index contributed by atoms with van der Waals surface area (Å²) in [5.74, 6) is 0.176. The van der Waals surface area contributed by atoms with E-state index in [1.54, 1.807) is 12.1 Å². The van der Waals surface area contributed by atoms with Crippen molar-refractivity contribution in [3.8, 4) is 0 Å². The third-order valence-corrected chi connectivity index (χ3v) is 4.09. The normalized spacial score (nSPS) is 13.6. The minimum Gasteiger partial charge on any atom is -0.372 e. The van der Waals surface area contributed by atoms with Crippen molar-refractivity contribution < 1.29 is 4.79 Å². The summed E-state index contributed by atoms with van der Waals surface area (Å²) in [5.41, 5.74) is 3.20. The van der Waals surface area contributed by atoms with Crippen LogP contribution in [0.3, 0.4) is 0 Å². The second-order valence-corrected chi connectivity index (χ2v) is 6.08. The number of aryl methyl sites for hydroxylation is 1. The average Bonchev–Trinajstić information content (AvgIpc) is 3.14. The van der Waals surface area contributed by atoms with Crippen molar-refractivity contribution in [3.63, 3.8) is 0 Å². The number of benzene rings is 1. The van der Waals surface area contributed by atoms with Gasteiger partial charge in [0.25, 0.3) is 5.91 Å². The molecule has 6 nitrogen and oxygen atoms in total. The fraction of sp³-hybridized carbons (Fsp3) is 0.316. The number of amides is 1. The molecule has 25 heavy (non-hydrogen) atoms. The lowest BCUT2D eigenvalue weighted by Crippen LogP contribution is -2.24. The summed E-state index contributed by atoms with van der Waals surface area (Å²) in [5, 5.41) is 5.90. The lowest BCUT2D eigenvalue weighted by Gasteiger charge is -2.17. The standard InChI is InChI=1S/C19H23N5O/c1-3-10-20-18(25)17-13-14(2)21-19(23-17)22-15-6-8-16(9-7-15)24-11-4-5-12-24/h3,6-9,13H,1,4-5,10-12H2,2H3,(H,20,25)(H,21,22,23). The van der Waals surface area contributed by atoms with E-state index in [0.717, 1.165) is 24.5 Å². The summed E-state index contributed by atoms with van der Waals surface area (Å²) in [6.45, 7) is 8.08. The average molecular weight is 337 g/mol. The zero-order chi connectivity index (χ0) is 17.6. The predicted molar refractivity (Wildman–Crippen MR) is 100 cm³/mol.